The Morgan fingerprint density at radius 2 is 2.15 bits per heavy atom. The van der Waals surface area contributed by atoms with E-state index in [-0.39, 0.29) is 11.4 Å². The molecule has 1 aliphatic heterocycles. The molecule has 2 unspecified atom stereocenters. The van der Waals surface area contributed by atoms with Crippen LogP contribution in [-0.2, 0) is 6.54 Å². The van der Waals surface area contributed by atoms with Gasteiger partial charge in [0.15, 0.2) is 0 Å². The molecule has 5 heteroatoms. The Bertz CT molecular complexity index is 505. The second-order valence-corrected chi connectivity index (χ2v) is 5.81. The zero-order valence-electron chi connectivity index (χ0n) is 12.1. The van der Waals surface area contributed by atoms with Gasteiger partial charge in [-0.1, -0.05) is 6.92 Å². The molecule has 1 aromatic rings. The van der Waals surface area contributed by atoms with Gasteiger partial charge in [-0.3, -0.25) is 4.90 Å². The van der Waals surface area contributed by atoms with E-state index in [0.29, 0.717) is 24.1 Å². The van der Waals surface area contributed by atoms with Crippen LogP contribution in [0.5, 0.6) is 0 Å². The fourth-order valence-corrected chi connectivity index (χ4v) is 2.99. The van der Waals surface area contributed by atoms with Crippen molar-refractivity contribution in [1.29, 1.82) is 0 Å². The van der Waals surface area contributed by atoms with E-state index in [1.54, 1.807) is 0 Å². The number of hydrogen-bond donors (Lipinski definition) is 1. The summed E-state index contributed by atoms with van der Waals surface area (Å²) < 4.78 is 13.3. The number of likely N-dealkylation sites (tertiary alicyclic amines) is 1. The number of nitrogens with zero attached hydrogens (tertiary/aromatic N) is 2. The molecule has 0 saturated carbocycles. The van der Waals surface area contributed by atoms with Crippen LogP contribution in [0.2, 0.25) is 0 Å². The quantitative estimate of drug-likeness (QED) is 0.915. The second kappa shape index (κ2) is 5.89. The minimum absolute atomic E-state index is 0.187. The van der Waals surface area contributed by atoms with Crippen molar-refractivity contribution >= 4 is 5.97 Å². The molecule has 1 heterocycles. The number of carbonyl (C=O) groups is 1. The molecular formula is C15H21FN2O2. The van der Waals surface area contributed by atoms with Gasteiger partial charge in [-0.25, -0.2) is 9.18 Å². The Morgan fingerprint density at radius 1 is 1.45 bits per heavy atom. The lowest BCUT2D eigenvalue weighted by atomic mass is 10.1. The number of benzene rings is 1. The number of likely N-dealkylation sites (N-methyl/N-ethyl adjacent to an activating group) is 1. The molecule has 2 rings (SSSR count). The van der Waals surface area contributed by atoms with E-state index < -0.39 is 5.97 Å². The average molecular weight is 280 g/mol. The summed E-state index contributed by atoms with van der Waals surface area (Å²) in [6.07, 6.45) is 0. The lowest BCUT2D eigenvalue weighted by Crippen LogP contribution is -2.34. The minimum atomic E-state index is -1.00. The molecule has 1 aromatic carbocycles. The van der Waals surface area contributed by atoms with E-state index in [9.17, 15) is 14.3 Å². The van der Waals surface area contributed by atoms with E-state index in [0.717, 1.165) is 13.1 Å². The van der Waals surface area contributed by atoms with E-state index in [1.165, 1.54) is 18.2 Å². The third-order valence-electron chi connectivity index (χ3n) is 4.00. The van der Waals surface area contributed by atoms with Crippen molar-refractivity contribution in [2.24, 2.45) is 5.92 Å². The summed E-state index contributed by atoms with van der Waals surface area (Å²) in [6.45, 7) is 4.45. The molecule has 1 aliphatic rings. The monoisotopic (exact) mass is 280 g/mol. The van der Waals surface area contributed by atoms with Gasteiger partial charge in [0.05, 0.1) is 5.56 Å². The Balaban J connectivity index is 2.15. The topological polar surface area (TPSA) is 43.8 Å². The maximum Gasteiger partial charge on any atom is 0.336 e. The third-order valence-corrected chi connectivity index (χ3v) is 4.00. The molecule has 0 radical (unpaired) electrons. The first-order chi connectivity index (χ1) is 9.38. The maximum atomic E-state index is 13.3. The van der Waals surface area contributed by atoms with Gasteiger partial charge in [0.25, 0.3) is 0 Å². The highest BCUT2D eigenvalue weighted by Crippen LogP contribution is 2.23. The van der Waals surface area contributed by atoms with Crippen LogP contribution in [0.4, 0.5) is 4.39 Å². The van der Waals surface area contributed by atoms with Gasteiger partial charge in [-0.15, -0.1) is 0 Å². The summed E-state index contributed by atoms with van der Waals surface area (Å²) in [5.74, 6) is -0.871. The first kappa shape index (κ1) is 14.9. The van der Waals surface area contributed by atoms with Crippen LogP contribution in [0.1, 0.15) is 22.8 Å². The summed E-state index contributed by atoms with van der Waals surface area (Å²) in [4.78, 5) is 15.6. The summed E-state index contributed by atoms with van der Waals surface area (Å²) in [6, 6.07) is 4.33. The molecule has 1 saturated heterocycles. The molecule has 1 fully saturated rings. The van der Waals surface area contributed by atoms with Crippen molar-refractivity contribution in [3.05, 3.63) is 35.1 Å². The third kappa shape index (κ3) is 3.16. The normalized spacial score (nSPS) is 23.4. The molecule has 0 bridgehead atoms. The van der Waals surface area contributed by atoms with E-state index >= 15 is 0 Å². The first-order valence-electron chi connectivity index (χ1n) is 6.79. The van der Waals surface area contributed by atoms with Gasteiger partial charge in [0, 0.05) is 25.7 Å². The Morgan fingerprint density at radius 3 is 2.70 bits per heavy atom. The Kier molecular flexibility index (Phi) is 4.40. The van der Waals surface area contributed by atoms with Gasteiger partial charge in [-0.2, -0.15) is 0 Å². The summed E-state index contributed by atoms with van der Waals surface area (Å²) >= 11 is 0. The first-order valence-corrected chi connectivity index (χ1v) is 6.79. The molecule has 20 heavy (non-hydrogen) atoms. The predicted molar refractivity (Wildman–Crippen MR) is 75.3 cm³/mol. The van der Waals surface area contributed by atoms with E-state index in [1.807, 2.05) is 0 Å². The molecule has 0 amide bonds. The highest BCUT2D eigenvalue weighted by atomic mass is 19.1. The van der Waals surface area contributed by atoms with Crippen molar-refractivity contribution < 1.29 is 14.3 Å². The summed E-state index contributed by atoms with van der Waals surface area (Å²) in [5, 5.41) is 9.17. The van der Waals surface area contributed by atoms with E-state index in [2.05, 4.69) is 30.8 Å². The van der Waals surface area contributed by atoms with Crippen LogP contribution in [0.15, 0.2) is 18.2 Å². The zero-order valence-corrected chi connectivity index (χ0v) is 12.1. The Hall–Kier alpha value is -1.46. The van der Waals surface area contributed by atoms with Gasteiger partial charge in [-0.05, 0) is 43.8 Å². The van der Waals surface area contributed by atoms with Crippen LogP contribution in [0.3, 0.4) is 0 Å². The number of halogens is 1. The van der Waals surface area contributed by atoms with Crippen molar-refractivity contribution in [2.75, 3.05) is 27.2 Å². The molecule has 0 aromatic heterocycles. The summed E-state index contributed by atoms with van der Waals surface area (Å²) in [7, 11) is 4.10. The highest BCUT2D eigenvalue weighted by Gasteiger charge is 2.31. The number of rotatable bonds is 4. The lowest BCUT2D eigenvalue weighted by Gasteiger charge is -2.22. The van der Waals surface area contributed by atoms with Gasteiger partial charge >= 0.3 is 5.97 Å². The predicted octanol–water partition coefficient (Wildman–Crippen LogP) is 1.91. The van der Waals surface area contributed by atoms with Crippen LogP contribution in [0.25, 0.3) is 0 Å². The SMILES string of the molecule is CC1CN(Cc2cc(F)ccc2C(=O)O)CC1N(C)C. The van der Waals surface area contributed by atoms with Gasteiger partial charge < -0.3 is 10.0 Å². The van der Waals surface area contributed by atoms with Crippen molar-refractivity contribution in [2.45, 2.75) is 19.5 Å². The minimum Gasteiger partial charge on any atom is -0.478 e. The van der Waals surface area contributed by atoms with E-state index in [4.69, 9.17) is 0 Å². The van der Waals surface area contributed by atoms with Crippen LogP contribution >= 0.6 is 0 Å². The van der Waals surface area contributed by atoms with Crippen molar-refractivity contribution in [3.8, 4) is 0 Å². The number of aromatic carboxylic acids is 1. The molecule has 1 N–H and O–H groups in total. The standard InChI is InChI=1S/C15H21FN2O2/c1-10-7-18(9-14(10)17(2)3)8-11-6-12(16)4-5-13(11)15(19)20/h4-6,10,14H,7-9H2,1-3H3,(H,19,20). The van der Waals surface area contributed by atoms with Crippen LogP contribution < -0.4 is 0 Å². The smallest absolute Gasteiger partial charge is 0.336 e. The average Bonchev–Trinajstić information content (AvgIpc) is 2.70. The molecule has 4 nitrogen and oxygen atoms in total. The molecule has 110 valence electrons. The molecule has 2 atom stereocenters. The van der Waals surface area contributed by atoms with Crippen LogP contribution in [0, 0.1) is 11.7 Å². The number of hydrogen-bond acceptors (Lipinski definition) is 3. The summed E-state index contributed by atoms with van der Waals surface area (Å²) in [5.41, 5.74) is 0.733. The maximum absolute atomic E-state index is 13.3. The van der Waals surface area contributed by atoms with Crippen LogP contribution in [-0.4, -0.2) is 54.1 Å². The number of carboxylic acids is 1. The van der Waals surface area contributed by atoms with Gasteiger partial charge in [0.1, 0.15) is 5.82 Å². The van der Waals surface area contributed by atoms with Crippen molar-refractivity contribution in [1.82, 2.24) is 9.80 Å². The second-order valence-electron chi connectivity index (χ2n) is 5.81. The fourth-order valence-electron chi connectivity index (χ4n) is 2.99. The number of carboxylic acid groups (broad SMARTS) is 1. The highest BCUT2D eigenvalue weighted by molar-refractivity contribution is 5.89. The fraction of sp³-hybridized carbons (Fsp3) is 0.533. The largest absolute Gasteiger partial charge is 0.478 e. The molecule has 0 spiro atoms. The molecular weight excluding hydrogens is 259 g/mol. The zero-order chi connectivity index (χ0) is 14.9. The lowest BCUT2D eigenvalue weighted by molar-refractivity contribution is 0.0694. The van der Waals surface area contributed by atoms with Crippen molar-refractivity contribution in [3.63, 3.8) is 0 Å². The van der Waals surface area contributed by atoms with Gasteiger partial charge in [0.2, 0.25) is 0 Å². The molecule has 0 aliphatic carbocycles. The Labute approximate surface area is 118 Å².